The van der Waals surface area contributed by atoms with Crippen molar-refractivity contribution in [1.82, 2.24) is 9.97 Å². The minimum Gasteiger partial charge on any atom is -0.393 e. The first-order valence-electron chi connectivity index (χ1n) is 2.94. The molecular formula is C6H10ClN3O. The van der Waals surface area contributed by atoms with E-state index in [0.717, 1.165) is 0 Å². The number of aromatic amines is 1. The number of nitrogens with one attached hydrogen (secondary N) is 1. The van der Waals surface area contributed by atoms with Crippen LogP contribution >= 0.6 is 12.4 Å². The molecule has 11 heavy (non-hydrogen) atoms. The largest absolute Gasteiger partial charge is 0.393 e. The fraction of sp³-hybridized carbons (Fsp3) is 0.333. The van der Waals surface area contributed by atoms with Gasteiger partial charge in [0.15, 0.2) is 0 Å². The molecule has 0 amide bonds. The molecule has 1 aromatic rings. The van der Waals surface area contributed by atoms with E-state index < -0.39 is 0 Å². The number of nitrogen functional groups attached to an aromatic ring is 1. The summed E-state index contributed by atoms with van der Waals surface area (Å²) in [6.07, 6.45) is 0. The standard InChI is InChI=1S/C6H9N3O.ClH/c1-3-5(7)6(10)9-4(2)8-3;/h7H2,1-2H3,(H,8,9,10);1H. The second kappa shape index (κ2) is 3.39. The van der Waals surface area contributed by atoms with E-state index in [0.29, 0.717) is 11.5 Å². The molecule has 1 rings (SSSR count). The number of hydrogen-bond donors (Lipinski definition) is 2. The van der Waals surface area contributed by atoms with Crippen molar-refractivity contribution in [3.05, 3.63) is 21.9 Å². The predicted molar refractivity (Wildman–Crippen MR) is 46.0 cm³/mol. The van der Waals surface area contributed by atoms with Gasteiger partial charge in [-0.05, 0) is 13.8 Å². The summed E-state index contributed by atoms with van der Waals surface area (Å²) in [5.74, 6) is 0.594. The second-order valence-electron chi connectivity index (χ2n) is 2.15. The summed E-state index contributed by atoms with van der Waals surface area (Å²) in [6.45, 7) is 3.42. The lowest BCUT2D eigenvalue weighted by molar-refractivity contribution is 0.988. The van der Waals surface area contributed by atoms with Crippen molar-refractivity contribution in [1.29, 1.82) is 0 Å². The molecule has 0 radical (unpaired) electrons. The predicted octanol–water partition coefficient (Wildman–Crippen LogP) is 0.391. The van der Waals surface area contributed by atoms with Crippen LogP contribution in [0.3, 0.4) is 0 Å². The minimum absolute atomic E-state index is 0. The van der Waals surface area contributed by atoms with E-state index in [-0.39, 0.29) is 23.7 Å². The maximum absolute atomic E-state index is 10.8. The van der Waals surface area contributed by atoms with Gasteiger partial charge < -0.3 is 10.7 Å². The quantitative estimate of drug-likeness (QED) is 0.599. The Labute approximate surface area is 70.3 Å². The molecule has 62 valence electrons. The Kier molecular flexibility index (Phi) is 3.07. The molecule has 0 atom stereocenters. The van der Waals surface area contributed by atoms with Gasteiger partial charge in [-0.15, -0.1) is 12.4 Å². The minimum atomic E-state index is -0.259. The molecule has 4 nitrogen and oxygen atoms in total. The Hall–Kier alpha value is -1.03. The number of halogens is 1. The number of nitrogens with zero attached hydrogens (tertiary/aromatic N) is 1. The summed E-state index contributed by atoms with van der Waals surface area (Å²) in [7, 11) is 0. The van der Waals surface area contributed by atoms with Crippen LogP contribution < -0.4 is 11.3 Å². The van der Waals surface area contributed by atoms with E-state index in [2.05, 4.69) is 9.97 Å². The highest BCUT2D eigenvalue weighted by atomic mass is 35.5. The molecule has 0 spiro atoms. The van der Waals surface area contributed by atoms with Crippen molar-refractivity contribution in [3.63, 3.8) is 0 Å². The van der Waals surface area contributed by atoms with Crippen LogP contribution in [0.2, 0.25) is 0 Å². The fourth-order valence-corrected chi connectivity index (χ4v) is 0.736. The molecule has 0 aliphatic carbocycles. The van der Waals surface area contributed by atoms with Crippen LogP contribution in [-0.4, -0.2) is 9.97 Å². The lowest BCUT2D eigenvalue weighted by Gasteiger charge is -1.97. The molecule has 0 fully saturated rings. The normalized spacial score (nSPS) is 8.91. The van der Waals surface area contributed by atoms with Gasteiger partial charge in [0.05, 0.1) is 5.69 Å². The monoisotopic (exact) mass is 175 g/mol. The van der Waals surface area contributed by atoms with E-state index in [9.17, 15) is 4.79 Å². The van der Waals surface area contributed by atoms with Crippen molar-refractivity contribution in [2.24, 2.45) is 0 Å². The summed E-state index contributed by atoms with van der Waals surface area (Å²) in [4.78, 5) is 17.3. The third-order valence-corrected chi connectivity index (χ3v) is 1.26. The number of rotatable bonds is 0. The maximum atomic E-state index is 10.8. The summed E-state index contributed by atoms with van der Waals surface area (Å²) in [5, 5.41) is 0. The van der Waals surface area contributed by atoms with E-state index >= 15 is 0 Å². The average molecular weight is 176 g/mol. The number of hydrogen-bond acceptors (Lipinski definition) is 3. The number of anilines is 1. The zero-order valence-corrected chi connectivity index (χ0v) is 7.16. The summed E-state index contributed by atoms with van der Waals surface area (Å²) in [6, 6.07) is 0. The topological polar surface area (TPSA) is 71.8 Å². The third kappa shape index (κ3) is 1.94. The van der Waals surface area contributed by atoms with Gasteiger partial charge >= 0.3 is 0 Å². The SMILES string of the molecule is Cc1nc(C)c(N)c(=O)[nH]1.Cl. The Bertz CT molecular complexity index is 307. The van der Waals surface area contributed by atoms with E-state index in [1.54, 1.807) is 13.8 Å². The molecule has 0 aliphatic heterocycles. The number of aryl methyl sites for hydroxylation is 2. The number of aromatic nitrogens is 2. The van der Waals surface area contributed by atoms with Crippen molar-refractivity contribution in [2.75, 3.05) is 5.73 Å². The smallest absolute Gasteiger partial charge is 0.274 e. The molecule has 1 heterocycles. The highest BCUT2D eigenvalue weighted by Gasteiger charge is 1.99. The Balaban J connectivity index is 0.000001000. The first-order chi connectivity index (χ1) is 4.61. The van der Waals surface area contributed by atoms with E-state index in [1.807, 2.05) is 0 Å². The van der Waals surface area contributed by atoms with E-state index in [4.69, 9.17) is 5.73 Å². The summed E-state index contributed by atoms with van der Waals surface area (Å²) >= 11 is 0. The summed E-state index contributed by atoms with van der Waals surface area (Å²) < 4.78 is 0. The van der Waals surface area contributed by atoms with Gasteiger partial charge in [0, 0.05) is 0 Å². The highest BCUT2D eigenvalue weighted by Crippen LogP contribution is 1.97. The zero-order chi connectivity index (χ0) is 7.72. The van der Waals surface area contributed by atoms with Crippen LogP contribution in [-0.2, 0) is 0 Å². The Morgan fingerprint density at radius 1 is 1.45 bits per heavy atom. The van der Waals surface area contributed by atoms with Gasteiger partial charge in [0.25, 0.3) is 5.56 Å². The second-order valence-corrected chi connectivity index (χ2v) is 2.15. The molecule has 5 heteroatoms. The van der Waals surface area contributed by atoms with Crippen LogP contribution in [0, 0.1) is 13.8 Å². The van der Waals surface area contributed by atoms with Crippen molar-refractivity contribution in [2.45, 2.75) is 13.8 Å². The van der Waals surface area contributed by atoms with Gasteiger partial charge in [-0.3, -0.25) is 4.79 Å². The molecule has 0 saturated carbocycles. The first kappa shape index (κ1) is 9.97. The molecular weight excluding hydrogens is 166 g/mol. The van der Waals surface area contributed by atoms with Crippen LogP contribution in [0.4, 0.5) is 5.69 Å². The van der Waals surface area contributed by atoms with Crippen molar-refractivity contribution in [3.8, 4) is 0 Å². The molecule has 0 bridgehead atoms. The van der Waals surface area contributed by atoms with Crippen molar-refractivity contribution >= 4 is 18.1 Å². The third-order valence-electron chi connectivity index (χ3n) is 1.26. The number of H-pyrrole nitrogens is 1. The maximum Gasteiger partial charge on any atom is 0.274 e. The van der Waals surface area contributed by atoms with Gasteiger partial charge in [-0.25, -0.2) is 4.98 Å². The number of nitrogens with two attached hydrogens (primary N) is 1. The van der Waals surface area contributed by atoms with E-state index in [1.165, 1.54) is 0 Å². The zero-order valence-electron chi connectivity index (χ0n) is 6.34. The molecule has 3 N–H and O–H groups in total. The fourth-order valence-electron chi connectivity index (χ4n) is 0.736. The lowest BCUT2D eigenvalue weighted by atomic mass is 10.4. The van der Waals surface area contributed by atoms with Gasteiger partial charge in [0.1, 0.15) is 11.5 Å². The molecule has 0 aromatic carbocycles. The molecule has 0 saturated heterocycles. The first-order valence-corrected chi connectivity index (χ1v) is 2.94. The van der Waals surface area contributed by atoms with Crippen molar-refractivity contribution < 1.29 is 0 Å². The Morgan fingerprint density at radius 3 is 2.45 bits per heavy atom. The Morgan fingerprint density at radius 2 is 2.00 bits per heavy atom. The molecule has 1 aromatic heterocycles. The van der Waals surface area contributed by atoms with Crippen LogP contribution in [0.5, 0.6) is 0 Å². The van der Waals surface area contributed by atoms with Gasteiger partial charge in [-0.1, -0.05) is 0 Å². The summed E-state index contributed by atoms with van der Waals surface area (Å²) in [5.41, 5.74) is 5.87. The highest BCUT2D eigenvalue weighted by molar-refractivity contribution is 5.85. The van der Waals surface area contributed by atoms with Crippen LogP contribution in [0.15, 0.2) is 4.79 Å². The van der Waals surface area contributed by atoms with Crippen LogP contribution in [0.1, 0.15) is 11.5 Å². The van der Waals surface area contributed by atoms with Gasteiger partial charge in [0.2, 0.25) is 0 Å². The molecule has 0 aliphatic rings. The van der Waals surface area contributed by atoms with Gasteiger partial charge in [-0.2, -0.15) is 0 Å². The molecule has 0 unspecified atom stereocenters. The van der Waals surface area contributed by atoms with Crippen LogP contribution in [0.25, 0.3) is 0 Å². The average Bonchev–Trinajstić information content (AvgIpc) is 1.82. The lowest BCUT2D eigenvalue weighted by Crippen LogP contribution is -2.16.